The first kappa shape index (κ1) is 19.2. The predicted octanol–water partition coefficient (Wildman–Crippen LogP) is -0.738. The second kappa shape index (κ2) is 9.88. The van der Waals surface area contributed by atoms with Gasteiger partial charge in [-0.3, -0.25) is 0 Å². The van der Waals surface area contributed by atoms with E-state index in [2.05, 4.69) is 20.8 Å². The summed E-state index contributed by atoms with van der Waals surface area (Å²) in [6.07, 6.45) is 2.17. The fourth-order valence-corrected chi connectivity index (χ4v) is 1.90. The van der Waals surface area contributed by atoms with E-state index in [1.54, 1.807) is 6.92 Å². The van der Waals surface area contributed by atoms with Crippen molar-refractivity contribution in [2.45, 2.75) is 34.1 Å². The van der Waals surface area contributed by atoms with E-state index in [0.717, 1.165) is 37.1 Å². The van der Waals surface area contributed by atoms with Gasteiger partial charge in [0.15, 0.2) is 5.76 Å². The van der Waals surface area contributed by atoms with E-state index in [9.17, 15) is 4.79 Å². The van der Waals surface area contributed by atoms with Gasteiger partial charge in [-0.05, 0) is 33.8 Å². The molecular formula is C13H26FNO3. The van der Waals surface area contributed by atoms with E-state index in [-0.39, 0.29) is 10.5 Å². The zero-order chi connectivity index (χ0) is 13.3. The number of ether oxygens (including phenoxy) is 1. The Morgan fingerprint density at radius 2 is 1.72 bits per heavy atom. The largest absolute Gasteiger partial charge is 1.00 e. The molecule has 1 N–H and O–H groups in total. The van der Waals surface area contributed by atoms with Crippen molar-refractivity contribution < 1.29 is 23.8 Å². The standard InChI is InChI=1S/C13H25NO3.FH/c1-5-12(15)13(16)17-11-9-10-14(6-2,7-3)8-4;/h5H,6-11H2,1-4H3;1H. The molecule has 0 aromatic carbocycles. The maximum absolute atomic E-state index is 11.2. The Bertz CT molecular complexity index is 255. The van der Waals surface area contributed by atoms with Crippen molar-refractivity contribution in [3.63, 3.8) is 0 Å². The molecule has 0 spiro atoms. The highest BCUT2D eigenvalue weighted by Crippen LogP contribution is 2.07. The number of quaternary nitrogens is 1. The van der Waals surface area contributed by atoms with Crippen molar-refractivity contribution in [2.24, 2.45) is 0 Å². The van der Waals surface area contributed by atoms with Crippen LogP contribution in [0.3, 0.4) is 0 Å². The second-order valence-electron chi connectivity index (χ2n) is 4.18. The molecule has 0 aliphatic rings. The van der Waals surface area contributed by atoms with Gasteiger partial charge in [-0.1, -0.05) is 0 Å². The van der Waals surface area contributed by atoms with Crippen molar-refractivity contribution in [1.82, 2.24) is 0 Å². The molecule has 5 heteroatoms. The molecule has 0 aliphatic carbocycles. The highest BCUT2D eigenvalue weighted by Gasteiger charge is 2.20. The molecule has 0 unspecified atom stereocenters. The van der Waals surface area contributed by atoms with Gasteiger partial charge in [0, 0.05) is 6.42 Å². The third kappa shape index (κ3) is 6.00. The van der Waals surface area contributed by atoms with Crippen LogP contribution in [0.1, 0.15) is 34.1 Å². The van der Waals surface area contributed by atoms with Crippen LogP contribution in [0.2, 0.25) is 0 Å². The minimum Gasteiger partial charge on any atom is -1.00 e. The van der Waals surface area contributed by atoms with Crippen molar-refractivity contribution in [3.05, 3.63) is 11.8 Å². The molecule has 0 aromatic rings. The summed E-state index contributed by atoms with van der Waals surface area (Å²) >= 11 is 0. The van der Waals surface area contributed by atoms with E-state index in [1.165, 1.54) is 6.08 Å². The van der Waals surface area contributed by atoms with E-state index in [1.807, 2.05) is 0 Å². The fourth-order valence-electron chi connectivity index (χ4n) is 1.90. The molecule has 0 atom stereocenters. The molecular weight excluding hydrogens is 237 g/mol. The Morgan fingerprint density at radius 3 is 2.11 bits per heavy atom. The lowest BCUT2D eigenvalue weighted by Crippen LogP contribution is -3.00. The summed E-state index contributed by atoms with van der Waals surface area (Å²) in [5, 5.41) is 9.11. The number of aliphatic hydroxyl groups excluding tert-OH is 1. The number of hydrogen-bond donors (Lipinski definition) is 1. The van der Waals surface area contributed by atoms with Crippen molar-refractivity contribution >= 4 is 5.97 Å². The zero-order valence-corrected chi connectivity index (χ0v) is 11.9. The third-order valence-electron chi connectivity index (χ3n) is 3.50. The Labute approximate surface area is 109 Å². The van der Waals surface area contributed by atoms with Crippen LogP contribution in [0.15, 0.2) is 11.8 Å². The molecule has 4 nitrogen and oxygen atoms in total. The first-order valence-corrected chi connectivity index (χ1v) is 6.42. The van der Waals surface area contributed by atoms with Gasteiger partial charge in [-0.25, -0.2) is 4.79 Å². The van der Waals surface area contributed by atoms with E-state index in [0.29, 0.717) is 6.61 Å². The SMILES string of the molecule is CC=C(O)C(=O)OCCC[N+](CC)(CC)CC.[F-]. The number of nitrogens with zero attached hydrogens (tertiary/aromatic N) is 1. The van der Waals surface area contributed by atoms with Crippen LogP contribution >= 0.6 is 0 Å². The van der Waals surface area contributed by atoms with Gasteiger partial charge >= 0.3 is 5.97 Å². The molecule has 0 amide bonds. The number of aliphatic hydroxyl groups is 1. The normalized spacial score (nSPS) is 11.9. The topological polar surface area (TPSA) is 46.5 Å². The van der Waals surface area contributed by atoms with Crippen LogP contribution in [-0.2, 0) is 9.53 Å². The maximum atomic E-state index is 11.2. The lowest BCUT2D eigenvalue weighted by molar-refractivity contribution is -0.923. The fraction of sp³-hybridized carbons (Fsp3) is 0.769. The molecule has 0 bridgehead atoms. The summed E-state index contributed by atoms with van der Waals surface area (Å²) in [5.41, 5.74) is 0. The average molecular weight is 263 g/mol. The highest BCUT2D eigenvalue weighted by molar-refractivity contribution is 5.85. The van der Waals surface area contributed by atoms with Crippen LogP contribution in [0.4, 0.5) is 0 Å². The lowest BCUT2D eigenvalue weighted by atomic mass is 10.3. The van der Waals surface area contributed by atoms with Crippen molar-refractivity contribution in [3.8, 4) is 0 Å². The van der Waals surface area contributed by atoms with Gasteiger partial charge in [0.2, 0.25) is 0 Å². The molecule has 0 aromatic heterocycles. The predicted molar refractivity (Wildman–Crippen MR) is 68.7 cm³/mol. The number of hydrogen-bond acceptors (Lipinski definition) is 3. The number of carbonyl (C=O) groups is 1. The molecule has 0 aliphatic heterocycles. The van der Waals surface area contributed by atoms with Gasteiger partial charge in [-0.15, -0.1) is 0 Å². The van der Waals surface area contributed by atoms with Gasteiger partial charge < -0.3 is 19.0 Å². The average Bonchev–Trinajstić information content (AvgIpc) is 2.38. The summed E-state index contributed by atoms with van der Waals surface area (Å²) in [4.78, 5) is 11.2. The zero-order valence-electron chi connectivity index (χ0n) is 11.9. The summed E-state index contributed by atoms with van der Waals surface area (Å²) < 4.78 is 6.01. The number of allylic oxidation sites excluding steroid dienone is 1. The van der Waals surface area contributed by atoms with Crippen LogP contribution in [0.5, 0.6) is 0 Å². The second-order valence-corrected chi connectivity index (χ2v) is 4.18. The van der Waals surface area contributed by atoms with E-state index < -0.39 is 5.97 Å². The minimum atomic E-state index is -0.630. The highest BCUT2D eigenvalue weighted by atomic mass is 19.0. The molecule has 18 heavy (non-hydrogen) atoms. The van der Waals surface area contributed by atoms with Crippen LogP contribution in [0, 0.1) is 0 Å². The van der Waals surface area contributed by atoms with Gasteiger partial charge in [-0.2, -0.15) is 0 Å². The molecule has 108 valence electrons. The number of esters is 1. The lowest BCUT2D eigenvalue weighted by Gasteiger charge is -2.35. The smallest absolute Gasteiger partial charge is 0.373 e. The number of carbonyl (C=O) groups excluding carboxylic acids is 1. The Morgan fingerprint density at radius 1 is 1.22 bits per heavy atom. The maximum Gasteiger partial charge on any atom is 0.373 e. The Hall–Kier alpha value is -1.10. The first-order chi connectivity index (χ1) is 8.05. The summed E-state index contributed by atoms with van der Waals surface area (Å²) in [7, 11) is 0. The van der Waals surface area contributed by atoms with Gasteiger partial charge in [0.1, 0.15) is 0 Å². The molecule has 0 saturated carbocycles. The van der Waals surface area contributed by atoms with Gasteiger partial charge in [0.25, 0.3) is 0 Å². The monoisotopic (exact) mass is 263 g/mol. The van der Waals surface area contributed by atoms with Crippen molar-refractivity contribution in [1.29, 1.82) is 0 Å². The quantitative estimate of drug-likeness (QED) is 0.206. The summed E-state index contributed by atoms with van der Waals surface area (Å²) in [6, 6.07) is 0. The Kier molecular flexibility index (Phi) is 10.6. The number of rotatable bonds is 8. The summed E-state index contributed by atoms with van der Waals surface area (Å²) in [6.45, 7) is 12.8. The van der Waals surface area contributed by atoms with E-state index >= 15 is 0 Å². The molecule has 0 saturated heterocycles. The van der Waals surface area contributed by atoms with Gasteiger partial charge in [0.05, 0.1) is 32.8 Å². The first-order valence-electron chi connectivity index (χ1n) is 6.42. The Balaban J connectivity index is 0. The van der Waals surface area contributed by atoms with E-state index in [4.69, 9.17) is 9.84 Å². The molecule has 0 rings (SSSR count). The van der Waals surface area contributed by atoms with Crippen molar-refractivity contribution in [2.75, 3.05) is 32.8 Å². The van der Waals surface area contributed by atoms with Crippen LogP contribution in [-0.4, -0.2) is 48.3 Å². The van der Waals surface area contributed by atoms with Crippen LogP contribution < -0.4 is 4.70 Å². The summed E-state index contributed by atoms with van der Waals surface area (Å²) in [5.74, 6) is -0.942. The number of halogens is 1. The minimum absolute atomic E-state index is 0. The molecule has 0 fully saturated rings. The van der Waals surface area contributed by atoms with Crippen LogP contribution in [0.25, 0.3) is 0 Å². The molecule has 0 radical (unpaired) electrons. The molecule has 0 heterocycles. The third-order valence-corrected chi connectivity index (χ3v) is 3.50.